The van der Waals surface area contributed by atoms with Gasteiger partial charge in [-0.15, -0.1) is 6.42 Å². The van der Waals surface area contributed by atoms with Crippen LogP contribution < -0.4 is 0 Å². The Bertz CT molecular complexity index is 148. The summed E-state index contributed by atoms with van der Waals surface area (Å²) >= 11 is 0. The van der Waals surface area contributed by atoms with Gasteiger partial charge in [-0.1, -0.05) is 5.92 Å². The predicted octanol–water partition coefficient (Wildman–Crippen LogP) is 0.429. The lowest BCUT2D eigenvalue weighted by molar-refractivity contribution is -0.139. The van der Waals surface area contributed by atoms with Gasteiger partial charge in [0.15, 0.2) is 0 Å². The number of hydrogen-bond donors (Lipinski definition) is 0. The van der Waals surface area contributed by atoms with Crippen LogP contribution in [0.25, 0.3) is 0 Å². The highest BCUT2D eigenvalue weighted by Gasteiger charge is 2.23. The standard InChI is InChI=1S/C6H6O2.H2/c1-2-5-3-4-8-6(5)7;/h1,5H,3-4H2;1H. The van der Waals surface area contributed by atoms with E-state index in [-0.39, 0.29) is 13.3 Å². The molecule has 0 saturated carbocycles. The molecule has 1 aliphatic heterocycles. The first-order chi connectivity index (χ1) is 3.84. The highest BCUT2D eigenvalue weighted by Crippen LogP contribution is 2.11. The van der Waals surface area contributed by atoms with E-state index in [1.165, 1.54) is 0 Å². The van der Waals surface area contributed by atoms with Crippen molar-refractivity contribution in [3.05, 3.63) is 0 Å². The molecule has 1 aliphatic rings. The van der Waals surface area contributed by atoms with Gasteiger partial charge in [0.25, 0.3) is 0 Å². The molecule has 1 heterocycles. The number of cyclic esters (lactones) is 1. The van der Waals surface area contributed by atoms with Crippen LogP contribution in [-0.2, 0) is 9.53 Å². The third-order valence-electron chi connectivity index (χ3n) is 1.14. The van der Waals surface area contributed by atoms with Gasteiger partial charge in [0.2, 0.25) is 0 Å². The van der Waals surface area contributed by atoms with Crippen LogP contribution in [0.4, 0.5) is 0 Å². The fourth-order valence-corrected chi connectivity index (χ4v) is 0.647. The number of ether oxygens (including phenoxy) is 1. The van der Waals surface area contributed by atoms with Crippen LogP contribution in [0, 0.1) is 18.3 Å². The highest BCUT2D eigenvalue weighted by molar-refractivity contribution is 5.77. The van der Waals surface area contributed by atoms with Crippen LogP contribution in [0.2, 0.25) is 0 Å². The second kappa shape index (κ2) is 1.87. The summed E-state index contributed by atoms with van der Waals surface area (Å²) in [5, 5.41) is 0. The van der Waals surface area contributed by atoms with E-state index in [2.05, 4.69) is 10.7 Å². The second-order valence-corrected chi connectivity index (χ2v) is 1.68. The molecule has 1 saturated heterocycles. The Morgan fingerprint density at radius 3 is 3.00 bits per heavy atom. The van der Waals surface area contributed by atoms with Crippen LogP contribution >= 0.6 is 0 Å². The molecule has 1 fully saturated rings. The van der Waals surface area contributed by atoms with E-state index in [4.69, 9.17) is 6.42 Å². The van der Waals surface area contributed by atoms with Crippen molar-refractivity contribution in [1.82, 2.24) is 0 Å². The smallest absolute Gasteiger partial charge is 0.321 e. The van der Waals surface area contributed by atoms with Crippen molar-refractivity contribution in [3.8, 4) is 12.3 Å². The Morgan fingerprint density at radius 1 is 2.00 bits per heavy atom. The number of hydrogen-bond acceptors (Lipinski definition) is 2. The average Bonchev–Trinajstić information content (AvgIpc) is 2.14. The third-order valence-corrected chi connectivity index (χ3v) is 1.14. The molecule has 0 aromatic heterocycles. The zero-order chi connectivity index (χ0) is 5.98. The zero-order valence-electron chi connectivity index (χ0n) is 4.39. The first-order valence-corrected chi connectivity index (χ1v) is 2.47. The minimum atomic E-state index is -0.269. The minimum absolute atomic E-state index is 0. The topological polar surface area (TPSA) is 26.3 Å². The molecule has 44 valence electrons. The molecule has 0 aliphatic carbocycles. The fourth-order valence-electron chi connectivity index (χ4n) is 0.647. The summed E-state index contributed by atoms with van der Waals surface area (Å²) in [6, 6.07) is 0. The van der Waals surface area contributed by atoms with Crippen molar-refractivity contribution >= 4 is 5.97 Å². The SMILES string of the molecule is C#CC1CCOC1=O.[HH]. The maximum absolute atomic E-state index is 10.4. The van der Waals surface area contributed by atoms with Crippen molar-refractivity contribution < 1.29 is 11.0 Å². The first-order valence-electron chi connectivity index (χ1n) is 2.47. The molecule has 0 aromatic rings. The van der Waals surface area contributed by atoms with Crippen molar-refractivity contribution in [1.29, 1.82) is 0 Å². The van der Waals surface area contributed by atoms with E-state index in [0.717, 1.165) is 0 Å². The van der Waals surface area contributed by atoms with Crippen molar-refractivity contribution in [2.75, 3.05) is 6.61 Å². The molecule has 1 atom stereocenters. The van der Waals surface area contributed by atoms with Crippen molar-refractivity contribution in [2.24, 2.45) is 5.92 Å². The normalized spacial score (nSPS) is 26.9. The maximum atomic E-state index is 10.4. The lowest BCUT2D eigenvalue weighted by Gasteiger charge is -1.88. The summed E-state index contributed by atoms with van der Waals surface area (Å²) in [5.74, 6) is 1.83. The third kappa shape index (κ3) is 0.671. The molecule has 0 N–H and O–H groups in total. The molecule has 8 heavy (non-hydrogen) atoms. The molecule has 0 amide bonds. The largest absolute Gasteiger partial charge is 0.465 e. The van der Waals surface area contributed by atoms with E-state index in [0.29, 0.717) is 13.0 Å². The van der Waals surface area contributed by atoms with Gasteiger partial charge in [-0.3, -0.25) is 4.79 Å². The molecule has 0 radical (unpaired) electrons. The summed E-state index contributed by atoms with van der Waals surface area (Å²) in [4.78, 5) is 10.4. The maximum Gasteiger partial charge on any atom is 0.321 e. The number of carbonyl (C=O) groups is 1. The molecule has 2 nitrogen and oxygen atoms in total. The summed E-state index contributed by atoms with van der Waals surface area (Å²) in [6.45, 7) is 0.494. The zero-order valence-corrected chi connectivity index (χ0v) is 4.39. The monoisotopic (exact) mass is 112 g/mol. The number of esters is 1. The molecule has 1 unspecified atom stereocenters. The van der Waals surface area contributed by atoms with Crippen LogP contribution in [0.15, 0.2) is 0 Å². The van der Waals surface area contributed by atoms with Gasteiger partial charge < -0.3 is 4.74 Å². The number of carbonyl (C=O) groups excluding carboxylic acids is 1. The Balaban J connectivity index is 0.000000640. The molecule has 0 bridgehead atoms. The first kappa shape index (κ1) is 5.17. The van der Waals surface area contributed by atoms with Gasteiger partial charge in [0.05, 0.1) is 6.61 Å². The van der Waals surface area contributed by atoms with Gasteiger partial charge in [-0.25, -0.2) is 0 Å². The molecular weight excluding hydrogens is 104 g/mol. The van der Waals surface area contributed by atoms with E-state index >= 15 is 0 Å². The van der Waals surface area contributed by atoms with Gasteiger partial charge in [0.1, 0.15) is 5.92 Å². The van der Waals surface area contributed by atoms with Crippen LogP contribution in [0.1, 0.15) is 7.85 Å². The second-order valence-electron chi connectivity index (χ2n) is 1.68. The van der Waals surface area contributed by atoms with Gasteiger partial charge >= 0.3 is 5.97 Å². The van der Waals surface area contributed by atoms with E-state index in [1.807, 2.05) is 0 Å². The molecule has 2 heteroatoms. The average molecular weight is 112 g/mol. The van der Waals surface area contributed by atoms with Gasteiger partial charge in [0, 0.05) is 7.85 Å². The summed E-state index contributed by atoms with van der Waals surface area (Å²) in [7, 11) is 0. The number of terminal acetylenes is 1. The van der Waals surface area contributed by atoms with Gasteiger partial charge in [-0.2, -0.15) is 0 Å². The van der Waals surface area contributed by atoms with E-state index < -0.39 is 0 Å². The summed E-state index contributed by atoms with van der Waals surface area (Å²) < 4.78 is 4.57. The van der Waals surface area contributed by atoms with Crippen molar-refractivity contribution in [2.45, 2.75) is 6.42 Å². The van der Waals surface area contributed by atoms with Crippen molar-refractivity contribution in [3.63, 3.8) is 0 Å². The Kier molecular flexibility index (Phi) is 1.21. The Labute approximate surface area is 49.3 Å². The summed E-state index contributed by atoms with van der Waals surface area (Å²) in [5.41, 5.74) is 0. The van der Waals surface area contributed by atoms with Crippen LogP contribution in [0.3, 0.4) is 0 Å². The number of rotatable bonds is 0. The molecule has 0 aromatic carbocycles. The van der Waals surface area contributed by atoms with Gasteiger partial charge in [-0.05, 0) is 0 Å². The van der Waals surface area contributed by atoms with Crippen LogP contribution in [0.5, 0.6) is 0 Å². The molecular formula is C6H8O2. The fraction of sp³-hybridized carbons (Fsp3) is 0.500. The van der Waals surface area contributed by atoms with E-state index in [1.54, 1.807) is 0 Å². The Hall–Kier alpha value is -0.970. The highest BCUT2D eigenvalue weighted by atomic mass is 16.5. The molecule has 0 spiro atoms. The van der Waals surface area contributed by atoms with E-state index in [9.17, 15) is 4.79 Å². The minimum Gasteiger partial charge on any atom is -0.465 e. The summed E-state index contributed by atoms with van der Waals surface area (Å²) in [6.07, 6.45) is 5.66. The lowest BCUT2D eigenvalue weighted by atomic mass is 10.1. The lowest BCUT2D eigenvalue weighted by Crippen LogP contribution is -2.03. The quantitative estimate of drug-likeness (QED) is 0.335. The molecule has 1 rings (SSSR count). The van der Waals surface area contributed by atoms with Crippen LogP contribution in [-0.4, -0.2) is 12.6 Å². The predicted molar refractivity (Wildman–Crippen MR) is 30.0 cm³/mol. The Morgan fingerprint density at radius 2 is 2.75 bits per heavy atom.